The molecule has 3 nitrogen and oxygen atoms in total. The summed E-state index contributed by atoms with van der Waals surface area (Å²) in [5.74, 6) is 0. The fraction of sp³-hybridized carbons (Fsp3) is 0.778. The molecule has 0 aliphatic carbocycles. The molecule has 0 spiro atoms. The van der Waals surface area contributed by atoms with Crippen LogP contribution >= 0.6 is 0 Å². The van der Waals surface area contributed by atoms with Gasteiger partial charge in [-0.1, -0.05) is 19.8 Å². The summed E-state index contributed by atoms with van der Waals surface area (Å²) in [6, 6.07) is 0. The zero-order chi connectivity index (χ0) is 8.81. The lowest BCUT2D eigenvalue weighted by Crippen LogP contribution is -2.35. The molecular weight excluding hydrogens is 150 g/mol. The Bertz CT molecular complexity index is 145. The maximum Gasteiger partial charge on any atom is 0.104 e. The van der Waals surface area contributed by atoms with Gasteiger partial charge in [0.1, 0.15) is 6.67 Å². The van der Waals surface area contributed by atoms with Crippen molar-refractivity contribution < 1.29 is 0 Å². The van der Waals surface area contributed by atoms with Crippen molar-refractivity contribution in [3.8, 4) is 0 Å². The van der Waals surface area contributed by atoms with Crippen molar-refractivity contribution in [1.29, 1.82) is 0 Å². The molecular formula is C9H19N3. The van der Waals surface area contributed by atoms with Crippen LogP contribution in [0.1, 0.15) is 26.2 Å². The van der Waals surface area contributed by atoms with E-state index in [0.29, 0.717) is 0 Å². The van der Waals surface area contributed by atoms with Crippen molar-refractivity contribution in [2.45, 2.75) is 26.2 Å². The average Bonchev–Trinajstić information content (AvgIpc) is 2.45. The van der Waals surface area contributed by atoms with Gasteiger partial charge in [0.25, 0.3) is 0 Å². The van der Waals surface area contributed by atoms with Crippen molar-refractivity contribution in [1.82, 2.24) is 15.3 Å². The first kappa shape index (κ1) is 9.39. The second-order valence-electron chi connectivity index (χ2n) is 3.28. The summed E-state index contributed by atoms with van der Waals surface area (Å²) in [6.07, 6.45) is 8.03. The lowest BCUT2D eigenvalue weighted by molar-refractivity contribution is 0.222. The number of hydrazine groups is 1. The predicted octanol–water partition coefficient (Wildman–Crippen LogP) is 1.36. The van der Waals surface area contributed by atoms with Crippen LogP contribution < -0.4 is 5.43 Å². The summed E-state index contributed by atoms with van der Waals surface area (Å²) < 4.78 is 0. The van der Waals surface area contributed by atoms with Crippen LogP contribution in [0.25, 0.3) is 0 Å². The summed E-state index contributed by atoms with van der Waals surface area (Å²) in [7, 11) is 2.07. The van der Waals surface area contributed by atoms with Crippen molar-refractivity contribution in [3.63, 3.8) is 0 Å². The average molecular weight is 169 g/mol. The van der Waals surface area contributed by atoms with E-state index in [-0.39, 0.29) is 0 Å². The van der Waals surface area contributed by atoms with E-state index in [1.54, 1.807) is 0 Å². The lowest BCUT2D eigenvalue weighted by atomic mass is 10.2. The number of nitrogens with zero attached hydrogens (tertiary/aromatic N) is 2. The first-order valence-corrected chi connectivity index (χ1v) is 4.71. The van der Waals surface area contributed by atoms with Gasteiger partial charge in [-0.25, -0.2) is 5.43 Å². The third kappa shape index (κ3) is 3.13. The highest BCUT2D eigenvalue weighted by atomic mass is 15.6. The van der Waals surface area contributed by atoms with Crippen LogP contribution in [-0.2, 0) is 0 Å². The van der Waals surface area contributed by atoms with E-state index in [1.165, 1.54) is 19.3 Å². The van der Waals surface area contributed by atoms with Gasteiger partial charge in [0.15, 0.2) is 0 Å². The van der Waals surface area contributed by atoms with Gasteiger partial charge in [-0.05, 0) is 6.42 Å². The molecule has 1 aliphatic rings. The van der Waals surface area contributed by atoms with Gasteiger partial charge in [0.05, 0.1) is 0 Å². The minimum Gasteiger partial charge on any atom is -0.360 e. The zero-order valence-electron chi connectivity index (χ0n) is 8.08. The molecule has 1 rings (SSSR count). The Morgan fingerprint density at radius 1 is 1.33 bits per heavy atom. The van der Waals surface area contributed by atoms with Crippen LogP contribution in [0, 0.1) is 0 Å². The molecule has 0 saturated heterocycles. The highest BCUT2D eigenvalue weighted by molar-refractivity contribution is 4.86. The van der Waals surface area contributed by atoms with Crippen LogP contribution in [0.3, 0.4) is 0 Å². The minimum absolute atomic E-state index is 0.964. The van der Waals surface area contributed by atoms with Crippen molar-refractivity contribution in [3.05, 3.63) is 12.4 Å². The first-order valence-electron chi connectivity index (χ1n) is 4.71. The number of nitrogens with one attached hydrogen (secondary N) is 1. The zero-order valence-corrected chi connectivity index (χ0v) is 8.08. The van der Waals surface area contributed by atoms with Gasteiger partial charge >= 0.3 is 0 Å². The maximum atomic E-state index is 3.35. The summed E-state index contributed by atoms with van der Waals surface area (Å²) in [6.45, 7) is 4.28. The molecule has 0 fully saturated rings. The standard InChI is InChI=1S/C9H19N3/c1-3-4-5-6-10-12-8-7-11(2)9-12/h7-8,10H,3-6,9H2,1-2H3. The Morgan fingerprint density at radius 3 is 2.75 bits per heavy atom. The van der Waals surface area contributed by atoms with Crippen LogP contribution in [0.2, 0.25) is 0 Å². The SMILES string of the molecule is CCCCCNN1C=CN(C)C1. The maximum absolute atomic E-state index is 3.35. The van der Waals surface area contributed by atoms with E-state index in [0.717, 1.165) is 13.2 Å². The molecule has 0 radical (unpaired) electrons. The molecule has 0 atom stereocenters. The van der Waals surface area contributed by atoms with Crippen LogP contribution in [0.15, 0.2) is 12.4 Å². The fourth-order valence-corrected chi connectivity index (χ4v) is 1.23. The third-order valence-corrected chi connectivity index (χ3v) is 1.97. The molecule has 0 saturated carbocycles. The van der Waals surface area contributed by atoms with E-state index in [2.05, 4.69) is 41.7 Å². The van der Waals surface area contributed by atoms with Crippen LogP contribution in [-0.4, -0.2) is 30.2 Å². The molecule has 70 valence electrons. The Morgan fingerprint density at radius 2 is 2.17 bits per heavy atom. The second kappa shape index (κ2) is 5.04. The van der Waals surface area contributed by atoms with Crippen LogP contribution in [0.4, 0.5) is 0 Å². The molecule has 0 aromatic carbocycles. The van der Waals surface area contributed by atoms with Gasteiger partial charge in [-0.3, -0.25) is 5.01 Å². The fourth-order valence-electron chi connectivity index (χ4n) is 1.23. The van der Waals surface area contributed by atoms with Gasteiger partial charge in [-0.15, -0.1) is 0 Å². The summed E-state index contributed by atoms with van der Waals surface area (Å²) in [5.41, 5.74) is 3.35. The molecule has 0 aromatic rings. The molecule has 3 heteroatoms. The number of hydrogen-bond acceptors (Lipinski definition) is 3. The number of rotatable bonds is 5. The molecule has 0 bridgehead atoms. The van der Waals surface area contributed by atoms with Gasteiger partial charge in [-0.2, -0.15) is 0 Å². The van der Waals surface area contributed by atoms with E-state index in [9.17, 15) is 0 Å². The first-order chi connectivity index (χ1) is 5.83. The topological polar surface area (TPSA) is 18.5 Å². The molecule has 0 aromatic heterocycles. The smallest absolute Gasteiger partial charge is 0.104 e. The highest BCUT2D eigenvalue weighted by Crippen LogP contribution is 2.00. The molecule has 1 heterocycles. The van der Waals surface area contributed by atoms with E-state index >= 15 is 0 Å². The Hall–Kier alpha value is -0.700. The van der Waals surface area contributed by atoms with Crippen molar-refractivity contribution in [2.75, 3.05) is 20.3 Å². The second-order valence-corrected chi connectivity index (χ2v) is 3.28. The number of hydrogen-bond donors (Lipinski definition) is 1. The molecule has 12 heavy (non-hydrogen) atoms. The lowest BCUT2D eigenvalue weighted by Gasteiger charge is -2.18. The quantitative estimate of drug-likeness (QED) is 0.627. The molecule has 1 aliphatic heterocycles. The largest absolute Gasteiger partial charge is 0.360 e. The highest BCUT2D eigenvalue weighted by Gasteiger charge is 2.05. The summed E-state index contributed by atoms with van der Waals surface area (Å²) in [4.78, 5) is 2.15. The van der Waals surface area contributed by atoms with E-state index in [1.807, 2.05) is 0 Å². The monoisotopic (exact) mass is 169 g/mol. The van der Waals surface area contributed by atoms with E-state index < -0.39 is 0 Å². The van der Waals surface area contributed by atoms with Gasteiger partial charge < -0.3 is 4.90 Å². The predicted molar refractivity (Wildman–Crippen MR) is 51.1 cm³/mol. The summed E-state index contributed by atoms with van der Waals surface area (Å²) >= 11 is 0. The normalized spacial score (nSPS) is 16.2. The Balaban J connectivity index is 1.98. The van der Waals surface area contributed by atoms with Crippen molar-refractivity contribution >= 4 is 0 Å². The Labute approximate surface area is 75.0 Å². The minimum atomic E-state index is 0.964. The summed E-state index contributed by atoms with van der Waals surface area (Å²) in [5, 5.41) is 2.12. The van der Waals surface area contributed by atoms with Crippen molar-refractivity contribution in [2.24, 2.45) is 0 Å². The molecule has 1 N–H and O–H groups in total. The van der Waals surface area contributed by atoms with Crippen LogP contribution in [0.5, 0.6) is 0 Å². The molecule has 0 unspecified atom stereocenters. The van der Waals surface area contributed by atoms with Gasteiger partial charge in [0.2, 0.25) is 0 Å². The third-order valence-electron chi connectivity index (χ3n) is 1.97. The number of unbranched alkanes of at least 4 members (excludes halogenated alkanes) is 2. The Kier molecular flexibility index (Phi) is 3.94. The van der Waals surface area contributed by atoms with Gasteiger partial charge in [0, 0.05) is 26.0 Å². The molecule has 0 amide bonds. The van der Waals surface area contributed by atoms with E-state index in [4.69, 9.17) is 0 Å².